The predicted octanol–water partition coefficient (Wildman–Crippen LogP) is 2.51. The lowest BCUT2D eigenvalue weighted by Gasteiger charge is -2.33. The van der Waals surface area contributed by atoms with Crippen LogP contribution in [0.4, 0.5) is 0 Å². The summed E-state index contributed by atoms with van der Waals surface area (Å²) in [5.41, 5.74) is 0. The first-order valence-electron chi connectivity index (χ1n) is 7.65. The second-order valence-electron chi connectivity index (χ2n) is 5.82. The summed E-state index contributed by atoms with van der Waals surface area (Å²) in [7, 11) is 2.25. The van der Waals surface area contributed by atoms with E-state index < -0.39 is 0 Å². The van der Waals surface area contributed by atoms with Crippen LogP contribution in [0.15, 0.2) is 0 Å². The van der Waals surface area contributed by atoms with E-state index in [1.165, 1.54) is 19.3 Å². The monoisotopic (exact) mass is 256 g/mol. The molecule has 108 valence electrons. The Bertz CT molecular complexity index is 223. The molecular formula is C15H32N2O. The molecule has 0 aromatic heterocycles. The maximum absolute atomic E-state index is 5.67. The van der Waals surface area contributed by atoms with Crippen LogP contribution >= 0.6 is 0 Å². The van der Waals surface area contributed by atoms with E-state index in [0.717, 1.165) is 25.6 Å². The molecule has 0 radical (unpaired) electrons. The van der Waals surface area contributed by atoms with Gasteiger partial charge in [-0.25, -0.2) is 0 Å². The molecule has 4 unspecified atom stereocenters. The zero-order valence-corrected chi connectivity index (χ0v) is 12.9. The molecule has 0 aromatic rings. The molecule has 0 aliphatic carbocycles. The minimum Gasteiger partial charge on any atom is -0.377 e. The Morgan fingerprint density at radius 3 is 2.61 bits per heavy atom. The Kier molecular flexibility index (Phi) is 7.20. The van der Waals surface area contributed by atoms with Crippen molar-refractivity contribution in [3.63, 3.8) is 0 Å². The molecule has 1 heterocycles. The molecule has 1 N–H and O–H groups in total. The standard InChI is InChI=1S/C15H32N2O/c1-6-9-16-14(12(3)7-2)11-17(5)15-8-10-18-13(15)4/h12-16H,6-11H2,1-5H3. The van der Waals surface area contributed by atoms with Gasteiger partial charge in [0, 0.05) is 25.2 Å². The molecular weight excluding hydrogens is 224 g/mol. The fourth-order valence-corrected chi connectivity index (χ4v) is 2.80. The largest absolute Gasteiger partial charge is 0.377 e. The topological polar surface area (TPSA) is 24.5 Å². The van der Waals surface area contributed by atoms with Crippen molar-refractivity contribution in [2.75, 3.05) is 26.7 Å². The third kappa shape index (κ3) is 4.52. The van der Waals surface area contributed by atoms with Gasteiger partial charge >= 0.3 is 0 Å². The number of likely N-dealkylation sites (N-methyl/N-ethyl adjacent to an activating group) is 1. The first-order valence-corrected chi connectivity index (χ1v) is 7.65. The van der Waals surface area contributed by atoms with Gasteiger partial charge in [-0.2, -0.15) is 0 Å². The van der Waals surface area contributed by atoms with Crippen molar-refractivity contribution in [1.29, 1.82) is 0 Å². The summed E-state index contributed by atoms with van der Waals surface area (Å²) in [4.78, 5) is 2.50. The maximum atomic E-state index is 5.67. The normalized spacial score (nSPS) is 27.7. The van der Waals surface area contributed by atoms with E-state index in [0.29, 0.717) is 18.2 Å². The van der Waals surface area contributed by atoms with Crippen LogP contribution in [0.25, 0.3) is 0 Å². The fourth-order valence-electron chi connectivity index (χ4n) is 2.80. The summed E-state index contributed by atoms with van der Waals surface area (Å²) in [5.74, 6) is 0.733. The van der Waals surface area contributed by atoms with Crippen LogP contribution in [0.1, 0.15) is 47.0 Å². The molecule has 3 nitrogen and oxygen atoms in total. The summed E-state index contributed by atoms with van der Waals surface area (Å²) >= 11 is 0. The van der Waals surface area contributed by atoms with Gasteiger partial charge < -0.3 is 10.1 Å². The molecule has 0 aromatic carbocycles. The summed E-state index contributed by atoms with van der Waals surface area (Å²) in [5, 5.41) is 3.71. The lowest BCUT2D eigenvalue weighted by Crippen LogP contribution is -2.48. The van der Waals surface area contributed by atoms with Gasteiger partial charge in [0.05, 0.1) is 6.10 Å². The van der Waals surface area contributed by atoms with E-state index in [-0.39, 0.29) is 0 Å². The summed E-state index contributed by atoms with van der Waals surface area (Å²) < 4.78 is 5.67. The van der Waals surface area contributed by atoms with Gasteiger partial charge in [0.1, 0.15) is 0 Å². The highest BCUT2D eigenvalue weighted by Gasteiger charge is 2.29. The number of hydrogen-bond donors (Lipinski definition) is 1. The second kappa shape index (κ2) is 8.13. The quantitative estimate of drug-likeness (QED) is 0.722. The first kappa shape index (κ1) is 15.9. The van der Waals surface area contributed by atoms with Crippen LogP contribution < -0.4 is 5.32 Å². The van der Waals surface area contributed by atoms with E-state index in [2.05, 4.69) is 45.0 Å². The Labute approximate surface area is 113 Å². The van der Waals surface area contributed by atoms with E-state index in [9.17, 15) is 0 Å². The zero-order chi connectivity index (χ0) is 13.5. The summed E-state index contributed by atoms with van der Waals surface area (Å²) in [6, 6.07) is 1.20. The number of nitrogens with one attached hydrogen (secondary N) is 1. The molecule has 1 aliphatic rings. The zero-order valence-electron chi connectivity index (χ0n) is 12.9. The highest BCUT2D eigenvalue weighted by Crippen LogP contribution is 2.19. The molecule has 0 saturated carbocycles. The Hall–Kier alpha value is -0.120. The first-order chi connectivity index (χ1) is 8.60. The van der Waals surface area contributed by atoms with Crippen LogP contribution in [0.2, 0.25) is 0 Å². The maximum Gasteiger partial charge on any atom is 0.0702 e. The van der Waals surface area contributed by atoms with Gasteiger partial charge in [-0.05, 0) is 39.3 Å². The van der Waals surface area contributed by atoms with Crippen LogP contribution in [0.3, 0.4) is 0 Å². The van der Waals surface area contributed by atoms with Crippen molar-refractivity contribution < 1.29 is 4.74 Å². The van der Waals surface area contributed by atoms with Crippen molar-refractivity contribution >= 4 is 0 Å². The SMILES string of the molecule is CCCNC(CN(C)C1CCOC1C)C(C)CC. The van der Waals surface area contributed by atoms with Gasteiger partial charge in [-0.1, -0.05) is 27.2 Å². The lowest BCUT2D eigenvalue weighted by molar-refractivity contribution is 0.0774. The molecule has 4 atom stereocenters. The van der Waals surface area contributed by atoms with Gasteiger partial charge in [-0.3, -0.25) is 4.90 Å². The van der Waals surface area contributed by atoms with Gasteiger partial charge in [0.25, 0.3) is 0 Å². The molecule has 1 fully saturated rings. The molecule has 18 heavy (non-hydrogen) atoms. The molecule has 1 aliphatic heterocycles. The average molecular weight is 256 g/mol. The van der Waals surface area contributed by atoms with Crippen LogP contribution in [-0.4, -0.2) is 49.8 Å². The third-order valence-electron chi connectivity index (χ3n) is 4.37. The van der Waals surface area contributed by atoms with E-state index in [1.54, 1.807) is 0 Å². The third-order valence-corrected chi connectivity index (χ3v) is 4.37. The van der Waals surface area contributed by atoms with Crippen molar-refractivity contribution in [2.24, 2.45) is 5.92 Å². The summed E-state index contributed by atoms with van der Waals surface area (Å²) in [6.45, 7) is 12.3. The average Bonchev–Trinajstić information content (AvgIpc) is 2.79. The van der Waals surface area contributed by atoms with Crippen LogP contribution in [0.5, 0.6) is 0 Å². The molecule has 1 rings (SSSR count). The van der Waals surface area contributed by atoms with Crippen molar-refractivity contribution in [3.8, 4) is 0 Å². The van der Waals surface area contributed by atoms with Crippen molar-refractivity contribution in [3.05, 3.63) is 0 Å². The van der Waals surface area contributed by atoms with Crippen molar-refractivity contribution in [1.82, 2.24) is 10.2 Å². The molecule has 0 spiro atoms. The highest BCUT2D eigenvalue weighted by atomic mass is 16.5. The molecule has 0 amide bonds. The Morgan fingerprint density at radius 2 is 2.11 bits per heavy atom. The summed E-state index contributed by atoms with van der Waals surface area (Å²) in [6.07, 6.45) is 4.02. The van der Waals surface area contributed by atoms with Gasteiger partial charge in [0.2, 0.25) is 0 Å². The van der Waals surface area contributed by atoms with Gasteiger partial charge in [-0.15, -0.1) is 0 Å². The molecule has 1 saturated heterocycles. The highest BCUT2D eigenvalue weighted by molar-refractivity contribution is 4.84. The number of ether oxygens (including phenoxy) is 1. The number of rotatable bonds is 8. The minimum atomic E-state index is 0.388. The van der Waals surface area contributed by atoms with Crippen LogP contribution in [0, 0.1) is 5.92 Å². The number of hydrogen-bond acceptors (Lipinski definition) is 3. The number of nitrogens with zero attached hydrogens (tertiary/aromatic N) is 1. The fraction of sp³-hybridized carbons (Fsp3) is 1.00. The predicted molar refractivity (Wildman–Crippen MR) is 78.0 cm³/mol. The lowest BCUT2D eigenvalue weighted by atomic mass is 9.97. The Morgan fingerprint density at radius 1 is 1.39 bits per heavy atom. The van der Waals surface area contributed by atoms with E-state index >= 15 is 0 Å². The van der Waals surface area contributed by atoms with E-state index in [4.69, 9.17) is 4.74 Å². The minimum absolute atomic E-state index is 0.388. The molecule has 0 bridgehead atoms. The smallest absolute Gasteiger partial charge is 0.0702 e. The molecule has 3 heteroatoms. The van der Waals surface area contributed by atoms with Crippen LogP contribution in [-0.2, 0) is 4.74 Å². The Balaban J connectivity index is 2.47. The van der Waals surface area contributed by atoms with Crippen molar-refractivity contribution in [2.45, 2.75) is 65.1 Å². The second-order valence-corrected chi connectivity index (χ2v) is 5.82. The van der Waals surface area contributed by atoms with Gasteiger partial charge in [0.15, 0.2) is 0 Å². The van der Waals surface area contributed by atoms with E-state index in [1.807, 2.05) is 0 Å².